The van der Waals surface area contributed by atoms with E-state index in [0.717, 1.165) is 11.8 Å². The summed E-state index contributed by atoms with van der Waals surface area (Å²) in [6.45, 7) is 0. The Morgan fingerprint density at radius 1 is 0.316 bits per heavy atom. The van der Waals surface area contributed by atoms with E-state index in [9.17, 15) is 0 Å². The molecule has 0 bridgehead atoms. The fourth-order valence-electron chi connectivity index (χ4n) is 7.16. The quantitative estimate of drug-likeness (QED) is 0.249. The SMILES string of the molecule is c1ccc(N(c2ccccc2)C2CCC(C3CCC(N(c4ccccc4)c4ccccc4)CC3)CC2)cc1. The lowest BCUT2D eigenvalue weighted by Gasteiger charge is -2.44. The lowest BCUT2D eigenvalue weighted by atomic mass is 9.71. The van der Waals surface area contributed by atoms with Gasteiger partial charge in [-0.2, -0.15) is 0 Å². The number of benzene rings is 4. The van der Waals surface area contributed by atoms with Gasteiger partial charge in [-0.15, -0.1) is 0 Å². The molecule has 2 fully saturated rings. The highest BCUT2D eigenvalue weighted by molar-refractivity contribution is 5.65. The molecule has 0 aliphatic heterocycles. The average Bonchev–Trinajstić information content (AvgIpc) is 3.00. The van der Waals surface area contributed by atoms with Gasteiger partial charge in [-0.3, -0.25) is 0 Å². The Balaban J connectivity index is 1.10. The van der Waals surface area contributed by atoms with Crippen LogP contribution < -0.4 is 9.80 Å². The minimum Gasteiger partial charge on any atom is -0.338 e. The Kier molecular flexibility index (Phi) is 7.77. The van der Waals surface area contributed by atoms with E-state index in [1.807, 2.05) is 0 Å². The molecule has 0 atom stereocenters. The van der Waals surface area contributed by atoms with Crippen LogP contribution >= 0.6 is 0 Å². The van der Waals surface area contributed by atoms with E-state index in [4.69, 9.17) is 0 Å². The van der Waals surface area contributed by atoms with E-state index >= 15 is 0 Å². The lowest BCUT2D eigenvalue weighted by molar-refractivity contribution is 0.178. The van der Waals surface area contributed by atoms with Crippen LogP contribution in [0.4, 0.5) is 22.7 Å². The van der Waals surface area contributed by atoms with Crippen molar-refractivity contribution < 1.29 is 0 Å². The molecule has 4 aromatic carbocycles. The van der Waals surface area contributed by atoms with Crippen molar-refractivity contribution in [2.45, 2.75) is 63.5 Å². The second-order valence-electron chi connectivity index (χ2n) is 11.2. The van der Waals surface area contributed by atoms with Gasteiger partial charge in [0.05, 0.1) is 0 Å². The molecule has 0 N–H and O–H groups in total. The number of hydrogen-bond donors (Lipinski definition) is 0. The summed E-state index contributed by atoms with van der Waals surface area (Å²) in [5, 5.41) is 0. The van der Waals surface area contributed by atoms with Gasteiger partial charge >= 0.3 is 0 Å². The highest BCUT2D eigenvalue weighted by Crippen LogP contribution is 2.44. The van der Waals surface area contributed by atoms with Crippen LogP contribution in [-0.2, 0) is 0 Å². The van der Waals surface area contributed by atoms with Gasteiger partial charge < -0.3 is 9.80 Å². The first-order valence-electron chi connectivity index (χ1n) is 14.7. The largest absolute Gasteiger partial charge is 0.338 e. The second kappa shape index (κ2) is 11.9. The number of hydrogen-bond acceptors (Lipinski definition) is 2. The molecule has 0 spiro atoms. The fourth-order valence-corrected chi connectivity index (χ4v) is 7.16. The van der Waals surface area contributed by atoms with Crippen molar-refractivity contribution in [2.24, 2.45) is 11.8 Å². The zero-order chi connectivity index (χ0) is 25.6. The first-order chi connectivity index (χ1) is 18.9. The highest BCUT2D eigenvalue weighted by Gasteiger charge is 2.34. The van der Waals surface area contributed by atoms with Gasteiger partial charge in [0.15, 0.2) is 0 Å². The Morgan fingerprint density at radius 3 is 0.789 bits per heavy atom. The van der Waals surface area contributed by atoms with E-state index in [-0.39, 0.29) is 0 Å². The van der Waals surface area contributed by atoms with Crippen LogP contribution in [0.3, 0.4) is 0 Å². The third kappa shape index (κ3) is 5.50. The van der Waals surface area contributed by atoms with Gasteiger partial charge in [-0.05, 0) is 112 Å². The lowest BCUT2D eigenvalue weighted by Crippen LogP contribution is -2.39. The maximum Gasteiger partial charge on any atom is 0.0413 e. The van der Waals surface area contributed by atoms with Crippen molar-refractivity contribution in [3.8, 4) is 0 Å². The van der Waals surface area contributed by atoms with Crippen LogP contribution in [0.1, 0.15) is 51.4 Å². The van der Waals surface area contributed by atoms with Gasteiger partial charge in [0.25, 0.3) is 0 Å². The Bertz CT molecular complexity index is 1050. The maximum atomic E-state index is 2.60. The normalized spacial score (nSPS) is 23.5. The van der Waals surface area contributed by atoms with Gasteiger partial charge in [-0.1, -0.05) is 72.8 Å². The molecule has 38 heavy (non-hydrogen) atoms. The maximum absolute atomic E-state index is 2.60. The molecule has 2 aliphatic carbocycles. The molecule has 194 valence electrons. The van der Waals surface area contributed by atoms with Crippen molar-refractivity contribution >= 4 is 22.7 Å². The number of para-hydroxylation sites is 4. The number of nitrogens with zero attached hydrogens (tertiary/aromatic N) is 2. The highest BCUT2D eigenvalue weighted by atomic mass is 15.2. The molecule has 0 amide bonds. The van der Waals surface area contributed by atoms with Crippen molar-refractivity contribution in [2.75, 3.05) is 9.80 Å². The molecule has 2 aliphatic rings. The Morgan fingerprint density at radius 2 is 0.553 bits per heavy atom. The molecule has 2 heteroatoms. The summed E-state index contributed by atoms with van der Waals surface area (Å²) < 4.78 is 0. The Hall–Kier alpha value is -3.52. The van der Waals surface area contributed by atoms with Gasteiger partial charge in [-0.25, -0.2) is 0 Å². The van der Waals surface area contributed by atoms with Crippen LogP contribution in [0.15, 0.2) is 121 Å². The molecule has 0 radical (unpaired) electrons. The van der Waals surface area contributed by atoms with E-state index in [2.05, 4.69) is 131 Å². The van der Waals surface area contributed by atoms with E-state index in [1.165, 1.54) is 74.1 Å². The van der Waals surface area contributed by atoms with E-state index in [0.29, 0.717) is 12.1 Å². The molecule has 0 heterocycles. The average molecular weight is 501 g/mol. The van der Waals surface area contributed by atoms with Gasteiger partial charge in [0, 0.05) is 34.8 Å². The molecular formula is C36H40N2. The predicted molar refractivity (Wildman–Crippen MR) is 162 cm³/mol. The molecule has 0 aromatic heterocycles. The first kappa shape index (κ1) is 24.8. The van der Waals surface area contributed by atoms with Gasteiger partial charge in [0.1, 0.15) is 0 Å². The standard InChI is InChI=1S/C36H40N2/c1-5-13-31(14-6-1)37(32-15-7-2-8-16-32)35-25-21-29(22-26-35)30-23-27-36(28-24-30)38(33-17-9-3-10-18-33)34-19-11-4-12-20-34/h1-20,29-30,35-36H,21-28H2. The third-order valence-electron chi connectivity index (χ3n) is 9.02. The summed E-state index contributed by atoms with van der Waals surface area (Å²) in [4.78, 5) is 5.20. The molecule has 0 saturated heterocycles. The summed E-state index contributed by atoms with van der Waals surface area (Å²) in [7, 11) is 0. The molecule has 0 unspecified atom stereocenters. The van der Waals surface area contributed by atoms with E-state index < -0.39 is 0 Å². The summed E-state index contributed by atoms with van der Waals surface area (Å²) in [5.41, 5.74) is 5.29. The van der Waals surface area contributed by atoms with Crippen molar-refractivity contribution in [1.29, 1.82) is 0 Å². The molecular weight excluding hydrogens is 460 g/mol. The summed E-state index contributed by atoms with van der Waals surface area (Å²) in [5.74, 6) is 1.75. The first-order valence-corrected chi connectivity index (χ1v) is 14.7. The predicted octanol–water partition coefficient (Wildman–Crippen LogP) is 9.78. The van der Waals surface area contributed by atoms with Crippen molar-refractivity contribution in [1.82, 2.24) is 0 Å². The molecule has 4 aromatic rings. The summed E-state index contributed by atoms with van der Waals surface area (Å²) >= 11 is 0. The minimum absolute atomic E-state index is 0.582. The van der Waals surface area contributed by atoms with Crippen molar-refractivity contribution in [3.05, 3.63) is 121 Å². The summed E-state index contributed by atoms with van der Waals surface area (Å²) in [6, 6.07) is 45.2. The molecule has 2 nitrogen and oxygen atoms in total. The smallest absolute Gasteiger partial charge is 0.0413 e. The topological polar surface area (TPSA) is 6.48 Å². The monoisotopic (exact) mass is 500 g/mol. The van der Waals surface area contributed by atoms with Crippen LogP contribution in [0, 0.1) is 11.8 Å². The molecule has 2 saturated carbocycles. The molecule has 6 rings (SSSR count). The van der Waals surface area contributed by atoms with Crippen LogP contribution in [0.5, 0.6) is 0 Å². The van der Waals surface area contributed by atoms with Crippen molar-refractivity contribution in [3.63, 3.8) is 0 Å². The zero-order valence-electron chi connectivity index (χ0n) is 22.4. The number of rotatable bonds is 7. The summed E-state index contributed by atoms with van der Waals surface area (Å²) in [6.07, 6.45) is 10.6. The van der Waals surface area contributed by atoms with E-state index in [1.54, 1.807) is 0 Å². The third-order valence-corrected chi connectivity index (χ3v) is 9.02. The number of anilines is 4. The van der Waals surface area contributed by atoms with Crippen LogP contribution in [0.2, 0.25) is 0 Å². The second-order valence-corrected chi connectivity index (χ2v) is 11.2. The fraction of sp³-hybridized carbons (Fsp3) is 0.333. The van der Waals surface area contributed by atoms with Crippen LogP contribution in [0.25, 0.3) is 0 Å². The van der Waals surface area contributed by atoms with Crippen LogP contribution in [-0.4, -0.2) is 12.1 Å². The minimum atomic E-state index is 0.582. The zero-order valence-corrected chi connectivity index (χ0v) is 22.4. The van der Waals surface area contributed by atoms with Gasteiger partial charge in [0.2, 0.25) is 0 Å². The Labute approximate surface area is 228 Å².